The molecule has 1 fully saturated rings. The fourth-order valence-electron chi connectivity index (χ4n) is 1.47. The van der Waals surface area contributed by atoms with Gasteiger partial charge in [-0.25, -0.2) is 9.59 Å². The number of carbonyl (C=O) groups excluding carboxylic acids is 1. The molecule has 1 amide bonds. The number of carbonyl (C=O) groups is 2. The van der Waals surface area contributed by atoms with Crippen LogP contribution in [0.3, 0.4) is 0 Å². The number of aliphatic carboxylic acids is 1. The van der Waals surface area contributed by atoms with E-state index < -0.39 is 18.1 Å². The molecule has 0 aromatic heterocycles. The van der Waals surface area contributed by atoms with Crippen molar-refractivity contribution in [2.75, 3.05) is 6.61 Å². The number of carboxylic acids is 1. The predicted molar refractivity (Wildman–Crippen MR) is 53.4 cm³/mol. The van der Waals surface area contributed by atoms with E-state index in [-0.39, 0.29) is 12.5 Å². The molecular weight excluding hydrogens is 198 g/mol. The Labute approximate surface area is 88.1 Å². The number of carboxylic acid groups (broad SMARTS) is 1. The maximum Gasteiger partial charge on any atom is 0.408 e. The van der Waals surface area contributed by atoms with Crippen LogP contribution in [0.2, 0.25) is 0 Å². The summed E-state index contributed by atoms with van der Waals surface area (Å²) in [6.07, 6.45) is 1.55. The smallest absolute Gasteiger partial charge is 0.408 e. The van der Waals surface area contributed by atoms with Crippen molar-refractivity contribution in [2.24, 2.45) is 11.8 Å². The van der Waals surface area contributed by atoms with Crippen LogP contribution in [0.25, 0.3) is 0 Å². The Hall–Kier alpha value is -1.52. The second-order valence-electron chi connectivity index (χ2n) is 3.72. The van der Waals surface area contributed by atoms with Crippen LogP contribution in [-0.4, -0.2) is 29.8 Å². The van der Waals surface area contributed by atoms with Crippen molar-refractivity contribution < 1.29 is 19.4 Å². The lowest BCUT2D eigenvalue weighted by Crippen LogP contribution is -2.43. The summed E-state index contributed by atoms with van der Waals surface area (Å²) in [4.78, 5) is 22.0. The molecule has 0 bridgehead atoms. The van der Waals surface area contributed by atoms with E-state index >= 15 is 0 Å². The van der Waals surface area contributed by atoms with Gasteiger partial charge in [0, 0.05) is 0 Å². The molecule has 0 aromatic carbocycles. The summed E-state index contributed by atoms with van der Waals surface area (Å²) in [5, 5.41) is 11.2. The molecule has 84 valence electrons. The van der Waals surface area contributed by atoms with Crippen LogP contribution in [0.5, 0.6) is 0 Å². The third kappa shape index (κ3) is 3.27. The lowest BCUT2D eigenvalue weighted by molar-refractivity contribution is -0.140. The molecule has 1 saturated carbocycles. The minimum atomic E-state index is -1.01. The van der Waals surface area contributed by atoms with Crippen molar-refractivity contribution in [2.45, 2.75) is 19.4 Å². The van der Waals surface area contributed by atoms with Gasteiger partial charge in [-0.1, -0.05) is 19.6 Å². The van der Waals surface area contributed by atoms with E-state index in [4.69, 9.17) is 5.11 Å². The van der Waals surface area contributed by atoms with E-state index in [1.807, 2.05) is 6.92 Å². The third-order valence-electron chi connectivity index (χ3n) is 2.47. The Morgan fingerprint density at radius 1 is 1.73 bits per heavy atom. The number of alkyl carbamates (subject to hydrolysis) is 1. The van der Waals surface area contributed by atoms with E-state index in [2.05, 4.69) is 16.6 Å². The fourth-order valence-corrected chi connectivity index (χ4v) is 1.47. The first-order chi connectivity index (χ1) is 7.06. The van der Waals surface area contributed by atoms with Gasteiger partial charge in [-0.2, -0.15) is 0 Å². The Morgan fingerprint density at radius 3 is 2.73 bits per heavy atom. The Morgan fingerprint density at radius 2 is 2.33 bits per heavy atom. The van der Waals surface area contributed by atoms with Crippen LogP contribution in [0, 0.1) is 11.8 Å². The average Bonchev–Trinajstić information content (AvgIpc) is 2.88. The van der Waals surface area contributed by atoms with Crippen LogP contribution in [0.4, 0.5) is 4.79 Å². The number of rotatable bonds is 5. The highest BCUT2D eigenvalue weighted by atomic mass is 16.5. The van der Waals surface area contributed by atoms with Crippen molar-refractivity contribution in [3.05, 3.63) is 12.7 Å². The van der Waals surface area contributed by atoms with Crippen LogP contribution >= 0.6 is 0 Å². The Balaban J connectivity index is 2.41. The molecule has 1 aliphatic rings. The molecule has 5 nitrogen and oxygen atoms in total. The van der Waals surface area contributed by atoms with Gasteiger partial charge in [-0.05, 0) is 18.3 Å². The monoisotopic (exact) mass is 213 g/mol. The summed E-state index contributed by atoms with van der Waals surface area (Å²) in [6, 6.07) is -0.836. The molecule has 1 aliphatic carbocycles. The summed E-state index contributed by atoms with van der Waals surface area (Å²) in [7, 11) is 0. The third-order valence-corrected chi connectivity index (χ3v) is 2.47. The number of ether oxygens (including phenoxy) is 1. The molecule has 3 atom stereocenters. The molecule has 0 aromatic rings. The number of hydrogen-bond donors (Lipinski definition) is 2. The normalized spacial score (nSPS) is 25.1. The maximum atomic E-state index is 11.1. The number of nitrogens with one attached hydrogen (secondary N) is 1. The van der Waals surface area contributed by atoms with Crippen molar-refractivity contribution >= 4 is 12.1 Å². The molecule has 1 rings (SSSR count). The zero-order valence-corrected chi connectivity index (χ0v) is 8.60. The summed E-state index contributed by atoms with van der Waals surface area (Å²) in [5.74, 6) is -0.635. The first kappa shape index (κ1) is 11.6. The number of amides is 1. The predicted octanol–water partition coefficient (Wildman–Crippen LogP) is 1.01. The van der Waals surface area contributed by atoms with E-state index in [9.17, 15) is 9.59 Å². The standard InChI is InChI=1S/C10H15NO4/c1-3-4-15-10(14)11-8(9(12)13)7-5-6(7)2/h3,6-8H,1,4-5H2,2H3,(H,11,14)(H,12,13). The van der Waals surface area contributed by atoms with Crippen LogP contribution in [0.15, 0.2) is 12.7 Å². The molecule has 2 N–H and O–H groups in total. The molecule has 0 spiro atoms. The number of hydrogen-bond acceptors (Lipinski definition) is 3. The SMILES string of the molecule is C=CCOC(=O)NC(C(=O)O)C1CC1C. The van der Waals surface area contributed by atoms with Gasteiger partial charge in [0.2, 0.25) is 0 Å². The summed E-state index contributed by atoms with van der Waals surface area (Å²) in [5.41, 5.74) is 0. The van der Waals surface area contributed by atoms with Crippen LogP contribution in [0.1, 0.15) is 13.3 Å². The van der Waals surface area contributed by atoms with Crippen molar-refractivity contribution in [1.82, 2.24) is 5.32 Å². The topological polar surface area (TPSA) is 75.6 Å². The quantitative estimate of drug-likeness (QED) is 0.668. The van der Waals surface area contributed by atoms with Crippen LogP contribution < -0.4 is 5.32 Å². The van der Waals surface area contributed by atoms with Gasteiger partial charge in [-0.15, -0.1) is 0 Å². The average molecular weight is 213 g/mol. The molecule has 3 unspecified atom stereocenters. The molecule has 0 radical (unpaired) electrons. The summed E-state index contributed by atoms with van der Waals surface area (Å²) >= 11 is 0. The lowest BCUT2D eigenvalue weighted by atomic mass is 10.1. The van der Waals surface area contributed by atoms with Gasteiger partial charge in [0.1, 0.15) is 12.6 Å². The second-order valence-corrected chi connectivity index (χ2v) is 3.72. The van der Waals surface area contributed by atoms with Gasteiger partial charge in [-0.3, -0.25) is 0 Å². The van der Waals surface area contributed by atoms with Gasteiger partial charge >= 0.3 is 12.1 Å². The zero-order chi connectivity index (χ0) is 11.4. The first-order valence-corrected chi connectivity index (χ1v) is 4.83. The lowest BCUT2D eigenvalue weighted by Gasteiger charge is -2.13. The zero-order valence-electron chi connectivity index (χ0n) is 8.60. The Kier molecular flexibility index (Phi) is 3.71. The van der Waals surface area contributed by atoms with Crippen LogP contribution in [-0.2, 0) is 9.53 Å². The highest BCUT2D eigenvalue weighted by Crippen LogP contribution is 2.40. The second kappa shape index (κ2) is 4.82. The highest BCUT2D eigenvalue weighted by Gasteiger charge is 2.44. The van der Waals surface area contributed by atoms with Crippen molar-refractivity contribution in [3.63, 3.8) is 0 Å². The molecule has 5 heteroatoms. The van der Waals surface area contributed by atoms with E-state index in [1.54, 1.807) is 0 Å². The summed E-state index contributed by atoms with van der Waals surface area (Å²) in [6.45, 7) is 5.42. The highest BCUT2D eigenvalue weighted by molar-refractivity contribution is 5.80. The van der Waals surface area contributed by atoms with Gasteiger partial charge in [0.25, 0.3) is 0 Å². The Bertz CT molecular complexity index is 277. The van der Waals surface area contributed by atoms with Crippen molar-refractivity contribution in [1.29, 1.82) is 0 Å². The molecule has 0 heterocycles. The fraction of sp³-hybridized carbons (Fsp3) is 0.600. The molecule has 0 saturated heterocycles. The van der Waals surface area contributed by atoms with E-state index in [0.29, 0.717) is 5.92 Å². The molecule has 0 aliphatic heterocycles. The van der Waals surface area contributed by atoms with Gasteiger partial charge in [0.05, 0.1) is 0 Å². The maximum absolute atomic E-state index is 11.1. The summed E-state index contributed by atoms with van der Waals surface area (Å²) < 4.78 is 4.65. The largest absolute Gasteiger partial charge is 0.480 e. The first-order valence-electron chi connectivity index (χ1n) is 4.83. The minimum absolute atomic E-state index is 0.0266. The van der Waals surface area contributed by atoms with E-state index in [0.717, 1.165) is 6.42 Å². The van der Waals surface area contributed by atoms with Crippen molar-refractivity contribution in [3.8, 4) is 0 Å². The van der Waals surface area contributed by atoms with Gasteiger partial charge < -0.3 is 15.2 Å². The van der Waals surface area contributed by atoms with E-state index in [1.165, 1.54) is 6.08 Å². The molecular formula is C10H15NO4. The molecule has 15 heavy (non-hydrogen) atoms. The van der Waals surface area contributed by atoms with Gasteiger partial charge in [0.15, 0.2) is 0 Å². The minimum Gasteiger partial charge on any atom is -0.480 e.